The van der Waals surface area contributed by atoms with Crippen LogP contribution in [0.15, 0.2) is 12.5 Å². The monoisotopic (exact) mass is 340 g/mol. The normalized spacial score (nSPS) is 20.6. The fourth-order valence-corrected chi connectivity index (χ4v) is 4.19. The summed E-state index contributed by atoms with van der Waals surface area (Å²) in [5, 5.41) is 8.20. The van der Waals surface area contributed by atoms with Crippen LogP contribution in [-0.4, -0.2) is 43.8 Å². The molecule has 0 aromatic carbocycles. The topological polar surface area (TPSA) is 58.9 Å². The molecule has 0 spiro atoms. The third-order valence-corrected chi connectivity index (χ3v) is 5.62. The number of likely N-dealkylation sites (tertiary alicyclic amines) is 1. The van der Waals surface area contributed by atoms with Gasteiger partial charge in [0.05, 0.1) is 6.20 Å². The molecule has 0 bridgehead atoms. The Labute approximate surface area is 149 Å². The van der Waals surface area contributed by atoms with Crippen LogP contribution in [0.25, 0.3) is 0 Å². The van der Waals surface area contributed by atoms with E-state index in [1.54, 1.807) is 6.33 Å². The third kappa shape index (κ3) is 3.40. The molecule has 1 fully saturated rings. The van der Waals surface area contributed by atoms with Crippen molar-refractivity contribution in [2.24, 2.45) is 0 Å². The smallest absolute Gasteiger partial charge is 0.133 e. The van der Waals surface area contributed by atoms with Crippen molar-refractivity contribution in [3.63, 3.8) is 0 Å². The lowest BCUT2D eigenvalue weighted by molar-refractivity contribution is 0.208. The fraction of sp³-hybridized carbons (Fsp3) is 0.632. The zero-order chi connectivity index (χ0) is 17.2. The second-order valence-electron chi connectivity index (χ2n) is 7.29. The van der Waals surface area contributed by atoms with Crippen LogP contribution in [0.4, 0.5) is 5.82 Å². The van der Waals surface area contributed by atoms with E-state index >= 15 is 0 Å². The van der Waals surface area contributed by atoms with Gasteiger partial charge in [-0.1, -0.05) is 0 Å². The first-order chi connectivity index (χ1) is 12.2. The van der Waals surface area contributed by atoms with Crippen LogP contribution < -0.4 is 5.32 Å². The van der Waals surface area contributed by atoms with Gasteiger partial charge in [0, 0.05) is 48.2 Å². The first-order valence-electron chi connectivity index (χ1n) is 9.57. The van der Waals surface area contributed by atoms with Gasteiger partial charge in [0.2, 0.25) is 0 Å². The maximum absolute atomic E-state index is 4.53. The van der Waals surface area contributed by atoms with Crippen LogP contribution >= 0.6 is 0 Å². The molecule has 2 aliphatic rings. The number of piperidine rings is 1. The second-order valence-corrected chi connectivity index (χ2v) is 7.29. The van der Waals surface area contributed by atoms with E-state index < -0.39 is 0 Å². The van der Waals surface area contributed by atoms with E-state index in [2.05, 4.69) is 43.8 Å². The molecule has 3 heterocycles. The zero-order valence-electron chi connectivity index (χ0n) is 15.3. The van der Waals surface area contributed by atoms with Crippen molar-refractivity contribution in [1.29, 1.82) is 0 Å². The van der Waals surface area contributed by atoms with Crippen LogP contribution in [0, 0.1) is 6.92 Å². The summed E-state index contributed by atoms with van der Waals surface area (Å²) in [6.45, 7) is 8.48. The molecule has 25 heavy (non-hydrogen) atoms. The van der Waals surface area contributed by atoms with E-state index in [9.17, 15) is 0 Å². The van der Waals surface area contributed by atoms with Crippen LogP contribution in [-0.2, 0) is 25.9 Å². The van der Waals surface area contributed by atoms with Gasteiger partial charge in [-0.2, -0.15) is 5.10 Å². The number of hydrogen-bond acceptors (Lipinski definition) is 5. The van der Waals surface area contributed by atoms with Gasteiger partial charge < -0.3 is 5.32 Å². The fourth-order valence-electron chi connectivity index (χ4n) is 4.19. The van der Waals surface area contributed by atoms with Gasteiger partial charge in [0.25, 0.3) is 0 Å². The Hall–Kier alpha value is -1.95. The van der Waals surface area contributed by atoms with Gasteiger partial charge in [-0.3, -0.25) is 9.58 Å². The Morgan fingerprint density at radius 2 is 2.16 bits per heavy atom. The number of fused-ring (bicyclic) bond motifs is 1. The number of anilines is 1. The summed E-state index contributed by atoms with van der Waals surface area (Å²) in [6.07, 6.45) is 9.62. The van der Waals surface area contributed by atoms with E-state index in [1.165, 1.54) is 41.8 Å². The molecule has 0 saturated carbocycles. The number of rotatable bonds is 5. The molecule has 0 unspecified atom stereocenters. The van der Waals surface area contributed by atoms with E-state index in [0.29, 0.717) is 6.04 Å². The average molecular weight is 340 g/mol. The number of nitrogens with zero attached hydrogens (tertiary/aromatic N) is 5. The number of nitrogens with one attached hydrogen (secondary N) is 1. The number of aromatic nitrogens is 4. The van der Waals surface area contributed by atoms with Crippen LogP contribution in [0.3, 0.4) is 0 Å². The average Bonchev–Trinajstić information content (AvgIpc) is 3.23. The van der Waals surface area contributed by atoms with Crippen molar-refractivity contribution in [2.45, 2.75) is 65.1 Å². The molecule has 1 aliphatic heterocycles. The Kier molecular flexibility index (Phi) is 4.70. The van der Waals surface area contributed by atoms with Crippen molar-refractivity contribution in [1.82, 2.24) is 24.6 Å². The lowest BCUT2D eigenvalue weighted by Crippen LogP contribution is -2.42. The maximum atomic E-state index is 4.53. The molecule has 1 aliphatic carbocycles. The lowest BCUT2D eigenvalue weighted by atomic mass is 10.0. The summed E-state index contributed by atoms with van der Waals surface area (Å²) in [6, 6.07) is 0.467. The van der Waals surface area contributed by atoms with Crippen LogP contribution in [0.1, 0.15) is 48.7 Å². The number of hydrogen-bond donors (Lipinski definition) is 1. The van der Waals surface area contributed by atoms with Gasteiger partial charge in [-0.25, -0.2) is 9.97 Å². The molecule has 1 saturated heterocycles. The first kappa shape index (κ1) is 16.5. The van der Waals surface area contributed by atoms with Gasteiger partial charge in [0.1, 0.15) is 12.1 Å². The highest BCUT2D eigenvalue weighted by Crippen LogP contribution is 2.27. The Morgan fingerprint density at radius 3 is 3.00 bits per heavy atom. The standard InChI is InChI=1S/C19H28N6/c1-3-25-14(2)15(10-22-25)11-24-9-5-6-16(12-24)23-19-17-7-4-8-18(17)20-13-21-19/h10,13,16H,3-9,11-12H2,1-2H3,(H,20,21,23)/t16-/m1/s1. The van der Waals surface area contributed by atoms with E-state index in [-0.39, 0.29) is 0 Å². The van der Waals surface area contributed by atoms with Crippen molar-refractivity contribution in [3.05, 3.63) is 35.0 Å². The van der Waals surface area contributed by atoms with Gasteiger partial charge in [-0.15, -0.1) is 0 Å². The molecule has 0 amide bonds. The summed E-state index contributed by atoms with van der Waals surface area (Å²) in [5.74, 6) is 1.07. The summed E-state index contributed by atoms with van der Waals surface area (Å²) in [5.41, 5.74) is 5.24. The van der Waals surface area contributed by atoms with Gasteiger partial charge in [0.15, 0.2) is 0 Å². The van der Waals surface area contributed by atoms with Gasteiger partial charge in [-0.05, 0) is 52.5 Å². The Morgan fingerprint density at radius 1 is 1.24 bits per heavy atom. The number of aryl methyl sites for hydroxylation is 2. The molecule has 1 N–H and O–H groups in total. The predicted molar refractivity (Wildman–Crippen MR) is 98.6 cm³/mol. The molecular formula is C19H28N6. The summed E-state index contributed by atoms with van der Waals surface area (Å²) in [4.78, 5) is 11.5. The van der Waals surface area contributed by atoms with Crippen molar-refractivity contribution < 1.29 is 0 Å². The van der Waals surface area contributed by atoms with Crippen LogP contribution in [0.5, 0.6) is 0 Å². The predicted octanol–water partition coefficient (Wildman–Crippen LogP) is 2.57. The van der Waals surface area contributed by atoms with Crippen molar-refractivity contribution in [2.75, 3.05) is 18.4 Å². The Bertz CT molecular complexity index is 738. The SMILES string of the molecule is CCn1ncc(CN2CCC[C@@H](Nc3ncnc4c3CCC4)C2)c1C. The molecule has 6 heteroatoms. The molecule has 4 rings (SSSR count). The molecule has 0 radical (unpaired) electrons. The van der Waals surface area contributed by atoms with Crippen molar-refractivity contribution >= 4 is 5.82 Å². The minimum absolute atomic E-state index is 0.467. The van der Waals surface area contributed by atoms with E-state index in [1.807, 2.05) is 6.20 Å². The minimum Gasteiger partial charge on any atom is -0.366 e. The van der Waals surface area contributed by atoms with E-state index in [0.717, 1.165) is 44.8 Å². The minimum atomic E-state index is 0.467. The second kappa shape index (κ2) is 7.12. The molecule has 134 valence electrons. The summed E-state index contributed by atoms with van der Waals surface area (Å²) < 4.78 is 2.08. The van der Waals surface area contributed by atoms with Crippen LogP contribution in [0.2, 0.25) is 0 Å². The Balaban J connectivity index is 1.41. The summed E-state index contributed by atoms with van der Waals surface area (Å²) in [7, 11) is 0. The largest absolute Gasteiger partial charge is 0.366 e. The first-order valence-corrected chi connectivity index (χ1v) is 9.57. The van der Waals surface area contributed by atoms with Gasteiger partial charge >= 0.3 is 0 Å². The highest BCUT2D eigenvalue weighted by Gasteiger charge is 2.24. The zero-order valence-corrected chi connectivity index (χ0v) is 15.3. The molecular weight excluding hydrogens is 312 g/mol. The molecule has 6 nitrogen and oxygen atoms in total. The highest BCUT2D eigenvalue weighted by molar-refractivity contribution is 5.48. The van der Waals surface area contributed by atoms with E-state index in [4.69, 9.17) is 0 Å². The summed E-state index contributed by atoms with van der Waals surface area (Å²) >= 11 is 0. The third-order valence-electron chi connectivity index (χ3n) is 5.62. The lowest BCUT2D eigenvalue weighted by Gasteiger charge is -2.33. The quantitative estimate of drug-likeness (QED) is 0.906. The highest BCUT2D eigenvalue weighted by atomic mass is 15.3. The molecule has 1 atom stereocenters. The maximum Gasteiger partial charge on any atom is 0.133 e. The molecule has 2 aromatic heterocycles. The molecule has 2 aromatic rings. The van der Waals surface area contributed by atoms with Crippen molar-refractivity contribution in [3.8, 4) is 0 Å².